The van der Waals surface area contributed by atoms with E-state index in [9.17, 15) is 9.59 Å². The molecule has 0 aliphatic carbocycles. The first kappa shape index (κ1) is 15.5. The number of carbonyl (C=O) groups is 2. The van der Waals surface area contributed by atoms with E-state index in [1.807, 2.05) is 42.7 Å². The Hall–Kier alpha value is -1.88. The second-order valence-corrected chi connectivity index (χ2v) is 5.74. The first-order chi connectivity index (χ1) is 9.88. The van der Waals surface area contributed by atoms with Gasteiger partial charge in [0.2, 0.25) is 0 Å². The van der Waals surface area contributed by atoms with Crippen LogP contribution in [0.2, 0.25) is 0 Å². The maximum Gasteiger partial charge on any atom is 0.317 e. The van der Waals surface area contributed by atoms with Crippen molar-refractivity contribution in [1.29, 1.82) is 0 Å². The summed E-state index contributed by atoms with van der Waals surface area (Å²) in [4.78, 5) is 27.1. The molecule has 0 atom stereocenters. The van der Waals surface area contributed by atoms with Crippen molar-refractivity contribution in [1.82, 2.24) is 9.80 Å². The van der Waals surface area contributed by atoms with Gasteiger partial charge in [0.15, 0.2) is 0 Å². The van der Waals surface area contributed by atoms with Crippen LogP contribution in [0.4, 0.5) is 0 Å². The van der Waals surface area contributed by atoms with Crippen molar-refractivity contribution in [3.05, 3.63) is 34.4 Å². The SMILES string of the molecule is Cc1cc(C)c(C(=O)N2CCN(CC(=O)O)CC2)c(C)c1. The molecular formula is C16H22N2O3. The van der Waals surface area contributed by atoms with E-state index in [0.717, 1.165) is 22.3 Å². The van der Waals surface area contributed by atoms with Crippen LogP contribution in [-0.2, 0) is 4.79 Å². The van der Waals surface area contributed by atoms with Gasteiger partial charge in [-0.2, -0.15) is 0 Å². The number of carboxylic acid groups (broad SMARTS) is 1. The third-order valence-electron chi connectivity index (χ3n) is 3.91. The molecule has 2 rings (SSSR count). The topological polar surface area (TPSA) is 60.9 Å². The molecule has 1 aliphatic rings. The maximum absolute atomic E-state index is 12.7. The molecule has 1 fully saturated rings. The van der Waals surface area contributed by atoms with Gasteiger partial charge in [0, 0.05) is 31.7 Å². The zero-order valence-corrected chi connectivity index (χ0v) is 12.8. The minimum atomic E-state index is -0.819. The Morgan fingerprint density at radius 2 is 1.57 bits per heavy atom. The van der Waals surface area contributed by atoms with Crippen molar-refractivity contribution in [2.24, 2.45) is 0 Å². The smallest absolute Gasteiger partial charge is 0.317 e. The van der Waals surface area contributed by atoms with E-state index < -0.39 is 5.97 Å². The van der Waals surface area contributed by atoms with Gasteiger partial charge in [-0.1, -0.05) is 17.7 Å². The summed E-state index contributed by atoms with van der Waals surface area (Å²) in [7, 11) is 0. The predicted molar refractivity (Wildman–Crippen MR) is 80.6 cm³/mol. The van der Waals surface area contributed by atoms with E-state index in [4.69, 9.17) is 5.11 Å². The van der Waals surface area contributed by atoms with Gasteiger partial charge in [-0.05, 0) is 31.9 Å². The van der Waals surface area contributed by atoms with Gasteiger partial charge in [-0.15, -0.1) is 0 Å². The molecule has 0 radical (unpaired) electrons. The van der Waals surface area contributed by atoms with Gasteiger partial charge in [0.1, 0.15) is 0 Å². The molecule has 1 N–H and O–H groups in total. The monoisotopic (exact) mass is 290 g/mol. The molecule has 5 heteroatoms. The van der Waals surface area contributed by atoms with Gasteiger partial charge in [0.25, 0.3) is 5.91 Å². The van der Waals surface area contributed by atoms with Crippen molar-refractivity contribution in [2.45, 2.75) is 20.8 Å². The highest BCUT2D eigenvalue weighted by molar-refractivity contribution is 5.97. The summed E-state index contributed by atoms with van der Waals surface area (Å²) in [6, 6.07) is 4.06. The number of amides is 1. The first-order valence-electron chi connectivity index (χ1n) is 7.19. The normalized spacial score (nSPS) is 16.0. The Balaban J connectivity index is 2.07. The lowest BCUT2D eigenvalue weighted by Gasteiger charge is -2.34. The van der Waals surface area contributed by atoms with Crippen LogP contribution in [-0.4, -0.2) is 59.5 Å². The maximum atomic E-state index is 12.7. The summed E-state index contributed by atoms with van der Waals surface area (Å²) in [5.74, 6) is -0.764. The molecule has 21 heavy (non-hydrogen) atoms. The third-order valence-corrected chi connectivity index (χ3v) is 3.91. The van der Waals surface area contributed by atoms with E-state index in [1.54, 1.807) is 0 Å². The van der Waals surface area contributed by atoms with E-state index in [0.29, 0.717) is 26.2 Å². The van der Waals surface area contributed by atoms with Crippen LogP contribution >= 0.6 is 0 Å². The first-order valence-corrected chi connectivity index (χ1v) is 7.19. The lowest BCUT2D eigenvalue weighted by molar-refractivity contribution is -0.138. The highest BCUT2D eigenvalue weighted by atomic mass is 16.4. The molecule has 1 aromatic carbocycles. The Bertz CT molecular complexity index is 538. The fourth-order valence-electron chi connectivity index (χ4n) is 2.98. The molecule has 114 valence electrons. The number of rotatable bonds is 3. The molecule has 1 aromatic rings. The van der Waals surface area contributed by atoms with E-state index >= 15 is 0 Å². The summed E-state index contributed by atoms with van der Waals surface area (Å²) in [5.41, 5.74) is 3.95. The van der Waals surface area contributed by atoms with Crippen LogP contribution in [0.5, 0.6) is 0 Å². The summed E-state index contributed by atoms with van der Waals surface area (Å²) in [6.45, 7) is 8.40. The highest BCUT2D eigenvalue weighted by Gasteiger charge is 2.25. The van der Waals surface area contributed by atoms with E-state index in [-0.39, 0.29) is 12.5 Å². The standard InChI is InChI=1S/C16H22N2O3/c1-11-8-12(2)15(13(3)9-11)16(21)18-6-4-17(5-7-18)10-14(19)20/h8-9H,4-7,10H2,1-3H3,(H,19,20). The molecule has 1 amide bonds. The molecule has 0 bridgehead atoms. The van der Waals surface area contributed by atoms with Crippen LogP contribution in [0.15, 0.2) is 12.1 Å². The lowest BCUT2D eigenvalue weighted by Crippen LogP contribution is -2.50. The number of nitrogens with zero attached hydrogens (tertiary/aromatic N) is 2. The number of hydrogen-bond acceptors (Lipinski definition) is 3. The fraction of sp³-hybridized carbons (Fsp3) is 0.500. The molecule has 1 heterocycles. The molecule has 5 nitrogen and oxygen atoms in total. The zero-order chi connectivity index (χ0) is 15.6. The summed E-state index contributed by atoms with van der Waals surface area (Å²) >= 11 is 0. The lowest BCUT2D eigenvalue weighted by atomic mass is 9.98. The Kier molecular flexibility index (Phi) is 4.63. The Morgan fingerprint density at radius 1 is 1.05 bits per heavy atom. The molecule has 0 aromatic heterocycles. The van der Waals surface area contributed by atoms with E-state index in [1.165, 1.54) is 0 Å². The number of aliphatic carboxylic acids is 1. The van der Waals surface area contributed by atoms with Gasteiger partial charge in [0.05, 0.1) is 6.54 Å². The molecule has 0 spiro atoms. The summed E-state index contributed by atoms with van der Waals surface area (Å²) in [6.07, 6.45) is 0. The number of carbonyl (C=O) groups excluding carboxylic acids is 1. The second-order valence-electron chi connectivity index (χ2n) is 5.74. The fourth-order valence-corrected chi connectivity index (χ4v) is 2.98. The second kappa shape index (κ2) is 6.26. The number of benzene rings is 1. The van der Waals surface area contributed by atoms with Gasteiger partial charge < -0.3 is 10.0 Å². The van der Waals surface area contributed by atoms with Crippen molar-refractivity contribution >= 4 is 11.9 Å². The number of carboxylic acids is 1. The van der Waals surface area contributed by atoms with Crippen LogP contribution in [0, 0.1) is 20.8 Å². The zero-order valence-electron chi connectivity index (χ0n) is 12.8. The van der Waals surface area contributed by atoms with Crippen LogP contribution < -0.4 is 0 Å². The quantitative estimate of drug-likeness (QED) is 0.915. The Morgan fingerprint density at radius 3 is 2.05 bits per heavy atom. The van der Waals surface area contributed by atoms with Gasteiger partial charge >= 0.3 is 5.97 Å². The number of piperazine rings is 1. The average molecular weight is 290 g/mol. The van der Waals surface area contributed by atoms with Crippen LogP contribution in [0.1, 0.15) is 27.0 Å². The summed E-state index contributed by atoms with van der Waals surface area (Å²) in [5, 5.41) is 8.80. The van der Waals surface area contributed by atoms with E-state index in [2.05, 4.69) is 0 Å². The molecule has 1 aliphatic heterocycles. The Labute approximate surface area is 125 Å². The van der Waals surface area contributed by atoms with Crippen molar-refractivity contribution in [3.8, 4) is 0 Å². The van der Waals surface area contributed by atoms with Crippen molar-refractivity contribution in [2.75, 3.05) is 32.7 Å². The summed E-state index contributed by atoms with van der Waals surface area (Å²) < 4.78 is 0. The molecule has 0 saturated carbocycles. The third kappa shape index (κ3) is 3.61. The van der Waals surface area contributed by atoms with Crippen LogP contribution in [0.3, 0.4) is 0 Å². The van der Waals surface area contributed by atoms with Crippen molar-refractivity contribution < 1.29 is 14.7 Å². The molecular weight excluding hydrogens is 268 g/mol. The molecule has 1 saturated heterocycles. The minimum absolute atomic E-state index is 0.0462. The molecule has 0 unspecified atom stereocenters. The average Bonchev–Trinajstić information content (AvgIpc) is 2.37. The number of hydrogen-bond donors (Lipinski definition) is 1. The minimum Gasteiger partial charge on any atom is -0.480 e. The number of aryl methyl sites for hydroxylation is 3. The van der Waals surface area contributed by atoms with Crippen LogP contribution in [0.25, 0.3) is 0 Å². The predicted octanol–water partition coefficient (Wildman–Crippen LogP) is 1.45. The van der Waals surface area contributed by atoms with Gasteiger partial charge in [-0.25, -0.2) is 0 Å². The van der Waals surface area contributed by atoms with Crippen molar-refractivity contribution in [3.63, 3.8) is 0 Å². The van der Waals surface area contributed by atoms with Gasteiger partial charge in [-0.3, -0.25) is 14.5 Å². The highest BCUT2D eigenvalue weighted by Crippen LogP contribution is 2.19. The largest absolute Gasteiger partial charge is 0.480 e.